The number of fused-ring (bicyclic) bond motifs is 1. The molecule has 1 aliphatic heterocycles. The molecule has 3 amide bonds. The molecule has 2 N–H and O–H groups in total. The Bertz CT molecular complexity index is 1180. The zero-order valence-electron chi connectivity index (χ0n) is 17.9. The van der Waals surface area contributed by atoms with Crippen LogP contribution < -0.4 is 20.3 Å². The molecule has 0 bridgehead atoms. The summed E-state index contributed by atoms with van der Waals surface area (Å²) in [5.74, 6) is -0.360. The van der Waals surface area contributed by atoms with E-state index in [0.29, 0.717) is 34.3 Å². The van der Waals surface area contributed by atoms with Crippen LogP contribution in [0.3, 0.4) is 0 Å². The van der Waals surface area contributed by atoms with Crippen LogP contribution in [0.4, 0.5) is 11.4 Å². The third-order valence-electron chi connectivity index (χ3n) is 5.15. The second-order valence-electron chi connectivity index (χ2n) is 7.59. The summed E-state index contributed by atoms with van der Waals surface area (Å²) in [5, 5.41) is 5.96. The Morgan fingerprint density at radius 1 is 1.03 bits per heavy atom. The minimum absolute atomic E-state index is 0.184. The summed E-state index contributed by atoms with van der Waals surface area (Å²) >= 11 is 5.97. The topological polar surface area (TPSA) is 87.7 Å². The predicted octanol–water partition coefficient (Wildman–Crippen LogP) is 4.02. The standard InChI is InChI=1S/C25H22ClN3O4/c1-16-25(32)29(15-17-7-9-19(26)10-8-17)21-13-20(11-12-22(21)33-16)28-23(30)14-27-24(31)18-5-3-2-4-6-18/h2-13,16H,14-15H2,1H3,(H,27,31)(H,28,30). The second-order valence-corrected chi connectivity index (χ2v) is 8.03. The van der Waals surface area contributed by atoms with Crippen LogP contribution in [0.1, 0.15) is 22.8 Å². The molecule has 4 rings (SSSR count). The number of hydrogen-bond acceptors (Lipinski definition) is 4. The molecule has 1 atom stereocenters. The molecule has 0 aliphatic carbocycles. The van der Waals surface area contributed by atoms with E-state index in [-0.39, 0.29) is 24.3 Å². The number of halogens is 1. The van der Waals surface area contributed by atoms with Crippen LogP contribution in [0.5, 0.6) is 5.75 Å². The molecule has 1 unspecified atom stereocenters. The number of rotatable bonds is 6. The fourth-order valence-corrected chi connectivity index (χ4v) is 3.60. The third-order valence-corrected chi connectivity index (χ3v) is 5.40. The van der Waals surface area contributed by atoms with Gasteiger partial charge in [0.1, 0.15) is 5.75 Å². The minimum atomic E-state index is -0.626. The summed E-state index contributed by atoms with van der Waals surface area (Å²) < 4.78 is 5.74. The van der Waals surface area contributed by atoms with Crippen molar-refractivity contribution in [2.24, 2.45) is 0 Å². The summed E-state index contributed by atoms with van der Waals surface area (Å²) in [6, 6.07) is 21.0. The number of ether oxygens (including phenoxy) is 1. The maximum absolute atomic E-state index is 12.8. The Hall–Kier alpha value is -3.84. The molecule has 1 aliphatic rings. The Labute approximate surface area is 196 Å². The van der Waals surface area contributed by atoms with Gasteiger partial charge in [-0.1, -0.05) is 41.9 Å². The Morgan fingerprint density at radius 2 is 1.76 bits per heavy atom. The van der Waals surface area contributed by atoms with Gasteiger partial charge in [0.15, 0.2) is 6.10 Å². The van der Waals surface area contributed by atoms with Crippen molar-refractivity contribution in [3.8, 4) is 5.75 Å². The van der Waals surface area contributed by atoms with E-state index in [1.165, 1.54) is 0 Å². The fraction of sp³-hybridized carbons (Fsp3) is 0.160. The smallest absolute Gasteiger partial charge is 0.268 e. The lowest BCUT2D eigenvalue weighted by atomic mass is 10.1. The Morgan fingerprint density at radius 3 is 2.48 bits per heavy atom. The number of carbonyl (C=O) groups excluding carboxylic acids is 3. The van der Waals surface area contributed by atoms with E-state index in [0.717, 1.165) is 5.56 Å². The molecule has 3 aromatic carbocycles. The van der Waals surface area contributed by atoms with Gasteiger partial charge in [0.25, 0.3) is 11.8 Å². The van der Waals surface area contributed by atoms with Crippen molar-refractivity contribution in [3.63, 3.8) is 0 Å². The van der Waals surface area contributed by atoms with Gasteiger partial charge >= 0.3 is 0 Å². The van der Waals surface area contributed by atoms with E-state index in [1.54, 1.807) is 66.4 Å². The van der Waals surface area contributed by atoms with E-state index in [1.807, 2.05) is 18.2 Å². The zero-order chi connectivity index (χ0) is 23.4. The number of hydrogen-bond donors (Lipinski definition) is 2. The number of benzene rings is 3. The van der Waals surface area contributed by atoms with Gasteiger partial charge in [0.05, 0.1) is 18.8 Å². The highest BCUT2D eigenvalue weighted by Gasteiger charge is 2.31. The van der Waals surface area contributed by atoms with Crippen molar-refractivity contribution in [3.05, 3.63) is 88.9 Å². The third kappa shape index (κ3) is 5.32. The van der Waals surface area contributed by atoms with E-state index >= 15 is 0 Å². The summed E-state index contributed by atoms with van der Waals surface area (Å²) in [6.07, 6.45) is -0.626. The van der Waals surface area contributed by atoms with Gasteiger partial charge in [-0.3, -0.25) is 14.4 Å². The van der Waals surface area contributed by atoms with E-state index in [2.05, 4.69) is 10.6 Å². The average Bonchev–Trinajstić information content (AvgIpc) is 2.82. The highest BCUT2D eigenvalue weighted by atomic mass is 35.5. The molecule has 8 heteroatoms. The monoisotopic (exact) mass is 463 g/mol. The normalized spacial score (nSPS) is 14.8. The highest BCUT2D eigenvalue weighted by Crippen LogP contribution is 2.37. The number of nitrogens with one attached hydrogen (secondary N) is 2. The van der Waals surface area contributed by atoms with Crippen LogP contribution in [0.25, 0.3) is 0 Å². The number of anilines is 2. The van der Waals surface area contributed by atoms with Crippen LogP contribution in [0.2, 0.25) is 5.02 Å². The first-order valence-electron chi connectivity index (χ1n) is 10.4. The van der Waals surface area contributed by atoms with E-state index < -0.39 is 6.10 Å². The SMILES string of the molecule is CC1Oc2ccc(NC(=O)CNC(=O)c3ccccc3)cc2N(Cc2ccc(Cl)cc2)C1=O. The molecule has 0 saturated heterocycles. The summed E-state index contributed by atoms with van der Waals surface area (Å²) in [7, 11) is 0. The van der Waals surface area contributed by atoms with Crippen LogP contribution in [-0.4, -0.2) is 30.4 Å². The first kappa shape index (κ1) is 22.4. The van der Waals surface area contributed by atoms with Gasteiger partial charge in [-0.15, -0.1) is 0 Å². The predicted molar refractivity (Wildman–Crippen MR) is 127 cm³/mol. The quantitative estimate of drug-likeness (QED) is 0.578. The van der Waals surface area contributed by atoms with Crippen molar-refractivity contribution in [2.45, 2.75) is 19.6 Å². The molecule has 3 aromatic rings. The Balaban J connectivity index is 1.47. The number of carbonyl (C=O) groups is 3. The average molecular weight is 464 g/mol. The van der Waals surface area contributed by atoms with Gasteiger partial charge in [-0.2, -0.15) is 0 Å². The summed E-state index contributed by atoms with van der Waals surface area (Å²) in [4.78, 5) is 39.0. The molecular formula is C25H22ClN3O4. The van der Waals surface area contributed by atoms with Crippen LogP contribution in [0.15, 0.2) is 72.8 Å². The fourth-order valence-electron chi connectivity index (χ4n) is 3.48. The first-order chi connectivity index (χ1) is 15.9. The van der Waals surface area contributed by atoms with E-state index in [4.69, 9.17) is 16.3 Å². The molecule has 0 saturated carbocycles. The lowest BCUT2D eigenvalue weighted by molar-refractivity contribution is -0.125. The molecule has 1 heterocycles. The van der Waals surface area contributed by atoms with Gasteiger partial charge in [-0.25, -0.2) is 0 Å². The molecule has 7 nitrogen and oxygen atoms in total. The minimum Gasteiger partial charge on any atom is -0.479 e. The van der Waals surface area contributed by atoms with Crippen LogP contribution in [0, 0.1) is 0 Å². The lowest BCUT2D eigenvalue weighted by Gasteiger charge is -2.33. The second kappa shape index (κ2) is 9.75. The highest BCUT2D eigenvalue weighted by molar-refractivity contribution is 6.30. The summed E-state index contributed by atoms with van der Waals surface area (Å²) in [6.45, 7) is 1.85. The molecule has 33 heavy (non-hydrogen) atoms. The Kier molecular flexibility index (Phi) is 6.60. The van der Waals surface area contributed by atoms with Crippen molar-refractivity contribution in [1.29, 1.82) is 0 Å². The van der Waals surface area contributed by atoms with Gasteiger partial charge in [-0.05, 0) is 55.0 Å². The van der Waals surface area contributed by atoms with Crippen molar-refractivity contribution < 1.29 is 19.1 Å². The van der Waals surface area contributed by atoms with Crippen LogP contribution >= 0.6 is 11.6 Å². The maximum Gasteiger partial charge on any atom is 0.268 e. The number of amides is 3. The van der Waals surface area contributed by atoms with Crippen LogP contribution in [-0.2, 0) is 16.1 Å². The van der Waals surface area contributed by atoms with Crippen molar-refractivity contribution >= 4 is 40.7 Å². The lowest BCUT2D eigenvalue weighted by Crippen LogP contribution is -2.44. The molecule has 0 fully saturated rings. The zero-order valence-corrected chi connectivity index (χ0v) is 18.6. The molecule has 0 radical (unpaired) electrons. The summed E-state index contributed by atoms with van der Waals surface area (Å²) in [5.41, 5.74) is 2.42. The maximum atomic E-state index is 12.8. The molecule has 168 valence electrons. The van der Waals surface area contributed by atoms with Crippen molar-refractivity contribution in [2.75, 3.05) is 16.8 Å². The molecule has 0 spiro atoms. The van der Waals surface area contributed by atoms with E-state index in [9.17, 15) is 14.4 Å². The molecule has 0 aromatic heterocycles. The van der Waals surface area contributed by atoms with Gasteiger partial charge in [0, 0.05) is 16.3 Å². The molecular weight excluding hydrogens is 442 g/mol. The van der Waals surface area contributed by atoms with Gasteiger partial charge in [0.2, 0.25) is 5.91 Å². The number of nitrogens with zero attached hydrogens (tertiary/aromatic N) is 1. The first-order valence-corrected chi connectivity index (χ1v) is 10.8. The van der Waals surface area contributed by atoms with Crippen molar-refractivity contribution in [1.82, 2.24) is 5.32 Å². The van der Waals surface area contributed by atoms with Gasteiger partial charge < -0.3 is 20.3 Å². The largest absolute Gasteiger partial charge is 0.479 e.